The number of hydrogen-bond acceptors (Lipinski definition) is 4. The first-order valence-corrected chi connectivity index (χ1v) is 8.43. The fourth-order valence-electron chi connectivity index (χ4n) is 2.77. The van der Waals surface area contributed by atoms with E-state index in [1.807, 2.05) is 63.2 Å². The first-order valence-electron chi connectivity index (χ1n) is 8.43. The summed E-state index contributed by atoms with van der Waals surface area (Å²) >= 11 is 0. The summed E-state index contributed by atoms with van der Waals surface area (Å²) in [5.41, 5.74) is 3.25. The van der Waals surface area contributed by atoms with Crippen LogP contribution in [0, 0.1) is 6.92 Å². The van der Waals surface area contributed by atoms with Gasteiger partial charge in [0.2, 0.25) is 5.82 Å². The molecule has 0 bridgehead atoms. The van der Waals surface area contributed by atoms with E-state index in [1.165, 1.54) is 0 Å². The molecule has 0 N–H and O–H groups in total. The zero-order valence-electron chi connectivity index (χ0n) is 14.7. The Balaban J connectivity index is 2.00. The summed E-state index contributed by atoms with van der Waals surface area (Å²) in [7, 11) is 0. The number of hydrogen-bond donors (Lipinski definition) is 0. The summed E-state index contributed by atoms with van der Waals surface area (Å²) in [5.74, 6) is 0.840. The molecule has 0 saturated heterocycles. The molecule has 25 heavy (non-hydrogen) atoms. The van der Waals surface area contributed by atoms with E-state index in [0.29, 0.717) is 35.9 Å². The lowest BCUT2D eigenvalue weighted by atomic mass is 10.1. The molecule has 0 aliphatic rings. The molecule has 5 nitrogen and oxygen atoms in total. The van der Waals surface area contributed by atoms with Gasteiger partial charge in [-0.3, -0.25) is 4.79 Å². The van der Waals surface area contributed by atoms with Crippen LogP contribution in [0.2, 0.25) is 0 Å². The van der Waals surface area contributed by atoms with Gasteiger partial charge in [-0.05, 0) is 39.0 Å². The largest absolute Gasteiger partial charge is 0.339 e. The molecule has 2 aromatic carbocycles. The number of amides is 1. The molecule has 0 radical (unpaired) electrons. The van der Waals surface area contributed by atoms with Crippen molar-refractivity contribution in [2.24, 2.45) is 0 Å². The molecule has 0 aliphatic heterocycles. The van der Waals surface area contributed by atoms with Gasteiger partial charge in [-0.1, -0.05) is 41.1 Å². The Labute approximate surface area is 147 Å². The number of carbonyl (C=O) groups is 1. The molecule has 128 valence electrons. The van der Waals surface area contributed by atoms with Crippen molar-refractivity contribution < 1.29 is 9.32 Å². The monoisotopic (exact) mass is 335 g/mol. The molecular formula is C20H21N3O2. The minimum absolute atomic E-state index is 0.0316. The van der Waals surface area contributed by atoms with Crippen LogP contribution in [0.5, 0.6) is 0 Å². The third kappa shape index (κ3) is 3.45. The average Bonchev–Trinajstić information content (AvgIpc) is 3.12. The molecule has 0 aliphatic carbocycles. The van der Waals surface area contributed by atoms with Crippen molar-refractivity contribution in [3.8, 4) is 22.8 Å². The van der Waals surface area contributed by atoms with Crippen LogP contribution in [0.25, 0.3) is 22.8 Å². The Morgan fingerprint density at radius 3 is 2.56 bits per heavy atom. The van der Waals surface area contributed by atoms with Crippen LogP contribution in [-0.4, -0.2) is 34.0 Å². The second kappa shape index (κ2) is 7.30. The Kier molecular flexibility index (Phi) is 4.93. The van der Waals surface area contributed by atoms with Gasteiger partial charge in [0.1, 0.15) is 0 Å². The standard InChI is InChI=1S/C20H21N3O2/c1-4-23(5-2)20(24)17-12-7-6-11-16(17)19-21-18(22-25-19)15-10-8-9-14(3)13-15/h6-13H,4-5H2,1-3H3. The average molecular weight is 335 g/mol. The van der Waals surface area contributed by atoms with E-state index in [4.69, 9.17) is 4.52 Å². The van der Waals surface area contributed by atoms with E-state index in [0.717, 1.165) is 11.1 Å². The van der Waals surface area contributed by atoms with Crippen LogP contribution in [0.3, 0.4) is 0 Å². The van der Waals surface area contributed by atoms with Crippen molar-refractivity contribution in [2.45, 2.75) is 20.8 Å². The van der Waals surface area contributed by atoms with Crippen LogP contribution >= 0.6 is 0 Å². The maximum absolute atomic E-state index is 12.8. The van der Waals surface area contributed by atoms with Gasteiger partial charge in [-0.25, -0.2) is 0 Å². The maximum Gasteiger partial charge on any atom is 0.259 e. The first kappa shape index (κ1) is 16.9. The van der Waals surface area contributed by atoms with E-state index in [2.05, 4.69) is 10.1 Å². The van der Waals surface area contributed by atoms with E-state index < -0.39 is 0 Å². The SMILES string of the molecule is CCN(CC)C(=O)c1ccccc1-c1nc(-c2cccc(C)c2)no1. The molecule has 0 fully saturated rings. The Bertz CT molecular complexity index is 882. The Morgan fingerprint density at radius 2 is 1.84 bits per heavy atom. The first-order chi connectivity index (χ1) is 12.1. The number of benzene rings is 2. The zero-order valence-corrected chi connectivity index (χ0v) is 14.7. The molecule has 3 rings (SSSR count). The lowest BCUT2D eigenvalue weighted by molar-refractivity contribution is 0.0773. The van der Waals surface area contributed by atoms with E-state index in [1.54, 1.807) is 11.0 Å². The molecular weight excluding hydrogens is 314 g/mol. The highest BCUT2D eigenvalue weighted by atomic mass is 16.5. The van der Waals surface area contributed by atoms with Crippen molar-refractivity contribution in [3.63, 3.8) is 0 Å². The lowest BCUT2D eigenvalue weighted by Crippen LogP contribution is -2.30. The van der Waals surface area contributed by atoms with Crippen LogP contribution in [-0.2, 0) is 0 Å². The molecule has 1 heterocycles. The van der Waals surface area contributed by atoms with E-state index >= 15 is 0 Å². The fourth-order valence-corrected chi connectivity index (χ4v) is 2.77. The normalized spacial score (nSPS) is 10.7. The molecule has 5 heteroatoms. The smallest absolute Gasteiger partial charge is 0.259 e. The maximum atomic E-state index is 12.8. The van der Waals surface area contributed by atoms with Crippen molar-refractivity contribution in [3.05, 3.63) is 59.7 Å². The molecule has 3 aromatic rings. The topological polar surface area (TPSA) is 59.2 Å². The lowest BCUT2D eigenvalue weighted by Gasteiger charge is -2.19. The van der Waals surface area contributed by atoms with Gasteiger partial charge in [-0.2, -0.15) is 4.98 Å². The Morgan fingerprint density at radius 1 is 1.08 bits per heavy atom. The van der Waals surface area contributed by atoms with Crippen LogP contribution < -0.4 is 0 Å². The quantitative estimate of drug-likeness (QED) is 0.701. The van der Waals surface area contributed by atoms with Gasteiger partial charge in [0.25, 0.3) is 11.8 Å². The predicted molar refractivity (Wildman–Crippen MR) is 97.2 cm³/mol. The molecule has 1 amide bonds. The third-order valence-electron chi connectivity index (χ3n) is 4.14. The highest BCUT2D eigenvalue weighted by Crippen LogP contribution is 2.26. The number of rotatable bonds is 5. The third-order valence-corrected chi connectivity index (χ3v) is 4.14. The van der Waals surface area contributed by atoms with Crippen molar-refractivity contribution in [1.29, 1.82) is 0 Å². The molecule has 0 unspecified atom stereocenters. The molecule has 0 atom stereocenters. The molecule has 0 spiro atoms. The van der Waals surface area contributed by atoms with Gasteiger partial charge in [-0.15, -0.1) is 0 Å². The van der Waals surface area contributed by atoms with Gasteiger partial charge < -0.3 is 9.42 Å². The Hall–Kier alpha value is -2.95. The van der Waals surface area contributed by atoms with E-state index in [-0.39, 0.29) is 5.91 Å². The summed E-state index contributed by atoms with van der Waals surface area (Å²) < 4.78 is 5.45. The van der Waals surface area contributed by atoms with Gasteiger partial charge >= 0.3 is 0 Å². The number of carbonyl (C=O) groups excluding carboxylic acids is 1. The van der Waals surface area contributed by atoms with Crippen LogP contribution in [0.1, 0.15) is 29.8 Å². The second-order valence-electron chi connectivity index (χ2n) is 5.82. The summed E-state index contributed by atoms with van der Waals surface area (Å²) in [4.78, 5) is 19.0. The van der Waals surface area contributed by atoms with E-state index in [9.17, 15) is 4.79 Å². The zero-order chi connectivity index (χ0) is 17.8. The van der Waals surface area contributed by atoms with Gasteiger partial charge in [0.15, 0.2) is 0 Å². The fraction of sp³-hybridized carbons (Fsp3) is 0.250. The summed E-state index contributed by atoms with van der Waals surface area (Å²) in [5, 5.41) is 4.08. The predicted octanol–water partition coefficient (Wildman–Crippen LogP) is 4.19. The number of aryl methyl sites for hydroxylation is 1. The van der Waals surface area contributed by atoms with Crippen molar-refractivity contribution in [1.82, 2.24) is 15.0 Å². The highest BCUT2D eigenvalue weighted by molar-refractivity contribution is 6.00. The van der Waals surface area contributed by atoms with Crippen LogP contribution in [0.15, 0.2) is 53.1 Å². The highest BCUT2D eigenvalue weighted by Gasteiger charge is 2.20. The van der Waals surface area contributed by atoms with Gasteiger partial charge in [0.05, 0.1) is 11.1 Å². The molecule has 1 aromatic heterocycles. The van der Waals surface area contributed by atoms with Gasteiger partial charge in [0, 0.05) is 18.7 Å². The summed E-state index contributed by atoms with van der Waals surface area (Å²) in [6, 6.07) is 15.3. The number of aromatic nitrogens is 2. The second-order valence-corrected chi connectivity index (χ2v) is 5.82. The van der Waals surface area contributed by atoms with Crippen molar-refractivity contribution >= 4 is 5.91 Å². The summed E-state index contributed by atoms with van der Waals surface area (Å²) in [6.45, 7) is 7.26. The van der Waals surface area contributed by atoms with Crippen molar-refractivity contribution in [2.75, 3.05) is 13.1 Å². The molecule has 0 saturated carbocycles. The number of nitrogens with zero attached hydrogens (tertiary/aromatic N) is 3. The minimum atomic E-state index is -0.0316. The van der Waals surface area contributed by atoms with Crippen LogP contribution in [0.4, 0.5) is 0 Å². The minimum Gasteiger partial charge on any atom is -0.339 e. The summed E-state index contributed by atoms with van der Waals surface area (Å²) in [6.07, 6.45) is 0.